The number of carbonyl (C=O) groups excluding carboxylic acids is 1. The van der Waals surface area contributed by atoms with Crippen molar-refractivity contribution >= 4 is 35.4 Å². The molecule has 0 heterocycles. The Morgan fingerprint density at radius 2 is 1.23 bits per heavy atom. The average Bonchev–Trinajstić information content (AvgIpc) is 2.90. The van der Waals surface area contributed by atoms with Crippen molar-refractivity contribution in [3.8, 4) is 5.75 Å². The number of aliphatic hydroxyl groups excluding tert-OH is 1. The number of nitrogens with zero attached hydrogens (tertiary/aromatic N) is 1. The number of halogens is 6. The Morgan fingerprint density at radius 1 is 0.775 bits per heavy atom. The molecule has 216 valence electrons. The molecule has 3 aromatic carbocycles. The molecule has 0 radical (unpaired) electrons. The summed E-state index contributed by atoms with van der Waals surface area (Å²) >= 11 is 2.54. The van der Waals surface area contributed by atoms with Crippen molar-refractivity contribution in [2.24, 2.45) is 0 Å². The fraction of sp³-hybridized carbons (Fsp3) is 0.240. The highest BCUT2D eigenvalue weighted by molar-refractivity contribution is 7.99. The summed E-state index contributed by atoms with van der Waals surface area (Å²) in [5.74, 6) is 0.905. The van der Waals surface area contributed by atoms with Gasteiger partial charge in [-0.25, -0.2) is 4.79 Å². The molecule has 0 aliphatic heterocycles. The Bertz CT molecular complexity index is 1220. The van der Waals surface area contributed by atoms with Crippen molar-refractivity contribution in [3.63, 3.8) is 0 Å². The largest absolute Gasteiger partial charge is 0.513 e. The summed E-state index contributed by atoms with van der Waals surface area (Å²) in [6.07, 6.45) is -9.64. The number of ether oxygens (including phenoxy) is 2. The summed E-state index contributed by atoms with van der Waals surface area (Å²) in [5.41, 5.74) is -1.52. The zero-order valence-corrected chi connectivity index (χ0v) is 21.9. The predicted molar refractivity (Wildman–Crippen MR) is 136 cm³/mol. The quantitative estimate of drug-likeness (QED) is 0.0501. The van der Waals surface area contributed by atoms with E-state index >= 15 is 0 Å². The molecule has 0 saturated heterocycles. The summed E-state index contributed by atoms with van der Waals surface area (Å²) in [7, 11) is 0. The van der Waals surface area contributed by atoms with Crippen LogP contribution in [0.3, 0.4) is 0 Å². The van der Waals surface area contributed by atoms with E-state index < -0.39 is 34.6 Å². The van der Waals surface area contributed by atoms with Gasteiger partial charge in [-0.2, -0.15) is 26.3 Å². The number of non-ortho nitro benzene ring substituents is 1. The monoisotopic (exact) mass is 609 g/mol. The molecular weight excluding hydrogens is 588 g/mol. The van der Waals surface area contributed by atoms with Gasteiger partial charge in [0.25, 0.3) is 5.69 Å². The number of nitro groups is 1. The van der Waals surface area contributed by atoms with Crippen LogP contribution in [0.15, 0.2) is 82.6 Å². The maximum absolute atomic E-state index is 12.4. The number of nitro benzene ring substituents is 1. The first-order valence-corrected chi connectivity index (χ1v) is 13.1. The SMILES string of the molecule is O=C(OCCSc1ccc(C(F)(F)F)cc1)Oc1ccc([N+](=O)[O-])cc1.OCCSc1ccc(C(F)(F)F)cc1. The Labute approximate surface area is 232 Å². The molecule has 0 amide bonds. The number of rotatable bonds is 9. The van der Waals surface area contributed by atoms with E-state index in [0.29, 0.717) is 16.4 Å². The standard InChI is InChI=1S/C16H12F3NO5S.C9H9F3OS/c17-16(18,19)11-1-7-14(8-2-11)26-10-9-24-15(21)25-13-5-3-12(4-6-13)20(22)23;10-9(11,12)7-1-3-8(4-2-7)14-6-5-13/h1-8H,9-10H2;1-4,13H,5-6H2. The molecule has 0 aliphatic carbocycles. The van der Waals surface area contributed by atoms with E-state index in [4.69, 9.17) is 14.6 Å². The summed E-state index contributed by atoms with van der Waals surface area (Å²) in [6.45, 7) is 0.00317. The Morgan fingerprint density at radius 3 is 1.62 bits per heavy atom. The molecule has 15 heteroatoms. The Kier molecular flexibility index (Phi) is 12.6. The minimum absolute atomic E-state index is 0.0164. The first-order valence-electron chi connectivity index (χ1n) is 11.1. The molecule has 7 nitrogen and oxygen atoms in total. The van der Waals surface area contributed by atoms with Gasteiger partial charge in [0, 0.05) is 33.4 Å². The van der Waals surface area contributed by atoms with Gasteiger partial charge in [-0.1, -0.05) is 0 Å². The van der Waals surface area contributed by atoms with Crippen molar-refractivity contribution in [2.45, 2.75) is 22.1 Å². The molecule has 3 rings (SSSR count). The van der Waals surface area contributed by atoms with Gasteiger partial charge in [-0.15, -0.1) is 23.5 Å². The highest BCUT2D eigenvalue weighted by atomic mass is 32.2. The lowest BCUT2D eigenvalue weighted by molar-refractivity contribution is -0.384. The normalized spacial score (nSPS) is 11.3. The number of aliphatic hydroxyl groups is 1. The van der Waals surface area contributed by atoms with Gasteiger partial charge in [0.05, 0.1) is 22.7 Å². The molecule has 3 aromatic rings. The van der Waals surface area contributed by atoms with Crippen LogP contribution in [0.25, 0.3) is 0 Å². The first-order chi connectivity index (χ1) is 18.8. The Hall–Kier alpha value is -3.43. The second-order valence-electron chi connectivity index (χ2n) is 7.42. The van der Waals surface area contributed by atoms with Crippen LogP contribution in [0, 0.1) is 10.1 Å². The molecule has 0 unspecified atom stereocenters. The van der Waals surface area contributed by atoms with Crippen molar-refractivity contribution in [2.75, 3.05) is 24.7 Å². The van der Waals surface area contributed by atoms with Crippen LogP contribution < -0.4 is 4.74 Å². The average molecular weight is 610 g/mol. The van der Waals surface area contributed by atoms with Crippen molar-refractivity contribution in [3.05, 3.63) is 94.0 Å². The van der Waals surface area contributed by atoms with E-state index in [0.717, 1.165) is 29.2 Å². The van der Waals surface area contributed by atoms with Gasteiger partial charge in [0.2, 0.25) is 0 Å². The molecule has 0 spiro atoms. The molecule has 0 aliphatic rings. The molecule has 0 bridgehead atoms. The van der Waals surface area contributed by atoms with Gasteiger partial charge < -0.3 is 14.6 Å². The van der Waals surface area contributed by atoms with Crippen LogP contribution in [-0.2, 0) is 17.1 Å². The molecule has 1 N–H and O–H groups in total. The molecular formula is C25H21F6NO6S2. The smallest absolute Gasteiger partial charge is 0.433 e. The lowest BCUT2D eigenvalue weighted by Crippen LogP contribution is -2.12. The fourth-order valence-electron chi connectivity index (χ4n) is 2.69. The van der Waals surface area contributed by atoms with Gasteiger partial charge in [-0.05, 0) is 60.7 Å². The lowest BCUT2D eigenvalue weighted by Gasteiger charge is -2.08. The first kappa shape index (κ1) is 32.8. The van der Waals surface area contributed by atoms with E-state index in [1.807, 2.05) is 0 Å². The van der Waals surface area contributed by atoms with Gasteiger partial charge in [0.15, 0.2) is 0 Å². The molecule has 40 heavy (non-hydrogen) atoms. The fourth-order valence-corrected chi connectivity index (χ4v) is 4.08. The molecule has 0 fully saturated rings. The maximum Gasteiger partial charge on any atom is 0.513 e. The highest BCUT2D eigenvalue weighted by Crippen LogP contribution is 2.31. The van der Waals surface area contributed by atoms with Crippen LogP contribution in [0.4, 0.5) is 36.8 Å². The van der Waals surface area contributed by atoms with Crippen LogP contribution in [0.2, 0.25) is 0 Å². The van der Waals surface area contributed by atoms with Crippen molar-refractivity contribution in [1.29, 1.82) is 0 Å². The third-order valence-electron chi connectivity index (χ3n) is 4.54. The number of carbonyl (C=O) groups is 1. The van der Waals surface area contributed by atoms with Crippen LogP contribution in [0.5, 0.6) is 5.75 Å². The van der Waals surface area contributed by atoms with Gasteiger partial charge in [0.1, 0.15) is 12.4 Å². The molecule has 0 aromatic heterocycles. The number of thioether (sulfide) groups is 2. The van der Waals surface area contributed by atoms with E-state index in [2.05, 4.69) is 0 Å². The maximum atomic E-state index is 12.4. The zero-order chi connectivity index (χ0) is 29.8. The summed E-state index contributed by atoms with van der Waals surface area (Å²) < 4.78 is 83.4. The minimum atomic E-state index is -4.38. The predicted octanol–water partition coefficient (Wildman–Crippen LogP) is 7.71. The summed E-state index contributed by atoms with van der Waals surface area (Å²) in [4.78, 5) is 22.7. The topological polar surface area (TPSA) is 98.9 Å². The number of benzene rings is 3. The van der Waals surface area contributed by atoms with Crippen molar-refractivity contribution < 1.29 is 50.6 Å². The highest BCUT2D eigenvalue weighted by Gasteiger charge is 2.30. The van der Waals surface area contributed by atoms with Crippen LogP contribution >= 0.6 is 23.5 Å². The Balaban J connectivity index is 0.000000337. The second kappa shape index (κ2) is 15.4. The molecule has 0 atom stereocenters. The van der Waals surface area contributed by atoms with E-state index in [1.165, 1.54) is 72.1 Å². The van der Waals surface area contributed by atoms with E-state index in [9.17, 15) is 41.3 Å². The summed E-state index contributed by atoms with van der Waals surface area (Å²) in [5, 5.41) is 19.0. The third-order valence-corrected chi connectivity index (χ3v) is 6.51. The minimum Gasteiger partial charge on any atom is -0.433 e. The molecule has 0 saturated carbocycles. The lowest BCUT2D eigenvalue weighted by atomic mass is 10.2. The van der Waals surface area contributed by atoms with Crippen LogP contribution in [0.1, 0.15) is 11.1 Å². The third kappa shape index (κ3) is 11.8. The summed E-state index contributed by atoms with van der Waals surface area (Å²) in [6, 6.07) is 14.4. The number of alkyl halides is 6. The van der Waals surface area contributed by atoms with Gasteiger partial charge >= 0.3 is 18.5 Å². The van der Waals surface area contributed by atoms with Gasteiger partial charge in [-0.3, -0.25) is 10.1 Å². The number of hydrogen-bond acceptors (Lipinski definition) is 8. The number of hydrogen-bond donors (Lipinski definition) is 1. The zero-order valence-electron chi connectivity index (χ0n) is 20.3. The van der Waals surface area contributed by atoms with Crippen LogP contribution in [-0.4, -0.2) is 40.9 Å². The van der Waals surface area contributed by atoms with Crippen molar-refractivity contribution in [1.82, 2.24) is 0 Å². The second-order valence-corrected chi connectivity index (χ2v) is 9.75. The van der Waals surface area contributed by atoms with E-state index in [1.54, 1.807) is 0 Å². The van der Waals surface area contributed by atoms with E-state index in [-0.39, 0.29) is 24.7 Å².